The van der Waals surface area contributed by atoms with Crippen LogP contribution in [0.3, 0.4) is 0 Å². The number of sulfonamides is 1. The second-order valence-corrected chi connectivity index (χ2v) is 9.56. The Morgan fingerprint density at radius 3 is 2.32 bits per heavy atom. The quantitative estimate of drug-likeness (QED) is 0.539. The number of carbonyl (C=O) groups excluding carboxylic acids is 1. The predicted molar refractivity (Wildman–Crippen MR) is 121 cm³/mol. The average molecular weight is 449 g/mol. The van der Waals surface area contributed by atoms with E-state index < -0.39 is 10.0 Å². The molecule has 0 spiro atoms. The highest BCUT2D eigenvalue weighted by Crippen LogP contribution is 2.30. The van der Waals surface area contributed by atoms with E-state index in [1.807, 2.05) is 30.3 Å². The molecule has 0 aromatic heterocycles. The molecule has 170 valence electrons. The lowest BCUT2D eigenvalue weighted by atomic mass is 10.1. The highest BCUT2D eigenvalue weighted by Gasteiger charge is 2.27. The van der Waals surface area contributed by atoms with Crippen LogP contribution in [0.2, 0.25) is 0 Å². The molecular weight excluding hydrogens is 416 g/mol. The molecule has 0 aliphatic heterocycles. The SMILES string of the molecule is COc1ccc(S(=O)(=O)N(CCc2ccccc2)CC(=O)NCCC(C)C)cc1OC. The third-order valence-corrected chi connectivity index (χ3v) is 6.69. The zero-order chi connectivity index (χ0) is 22.9. The van der Waals surface area contributed by atoms with Crippen LogP contribution in [0.5, 0.6) is 11.5 Å². The van der Waals surface area contributed by atoms with Gasteiger partial charge >= 0.3 is 0 Å². The van der Waals surface area contributed by atoms with E-state index in [-0.39, 0.29) is 23.9 Å². The number of ether oxygens (including phenoxy) is 2. The molecule has 0 saturated heterocycles. The Hall–Kier alpha value is -2.58. The summed E-state index contributed by atoms with van der Waals surface area (Å²) in [6, 6.07) is 14.0. The smallest absolute Gasteiger partial charge is 0.243 e. The van der Waals surface area contributed by atoms with Crippen molar-refractivity contribution < 1.29 is 22.7 Å². The number of amides is 1. The lowest BCUT2D eigenvalue weighted by molar-refractivity contribution is -0.121. The molecule has 1 N–H and O–H groups in total. The number of rotatable bonds is 12. The van der Waals surface area contributed by atoms with Gasteiger partial charge in [-0.3, -0.25) is 4.79 Å². The number of benzene rings is 2. The van der Waals surface area contributed by atoms with Gasteiger partial charge in [-0.2, -0.15) is 4.31 Å². The molecule has 1 amide bonds. The molecule has 0 aliphatic rings. The minimum absolute atomic E-state index is 0.0493. The Kier molecular flexibility index (Phi) is 9.33. The number of methoxy groups -OCH3 is 2. The van der Waals surface area contributed by atoms with Crippen LogP contribution >= 0.6 is 0 Å². The van der Waals surface area contributed by atoms with E-state index in [4.69, 9.17) is 9.47 Å². The van der Waals surface area contributed by atoms with Crippen LogP contribution in [-0.2, 0) is 21.2 Å². The summed E-state index contributed by atoms with van der Waals surface area (Å²) in [6.45, 7) is 4.58. The van der Waals surface area contributed by atoms with E-state index in [2.05, 4.69) is 19.2 Å². The summed E-state index contributed by atoms with van der Waals surface area (Å²) in [5.74, 6) is 0.874. The van der Waals surface area contributed by atoms with Gasteiger partial charge in [0, 0.05) is 19.2 Å². The fraction of sp³-hybridized carbons (Fsp3) is 0.435. The normalized spacial score (nSPS) is 11.5. The fourth-order valence-electron chi connectivity index (χ4n) is 3.03. The Morgan fingerprint density at radius 2 is 1.71 bits per heavy atom. The van der Waals surface area contributed by atoms with Gasteiger partial charge in [-0.15, -0.1) is 0 Å². The van der Waals surface area contributed by atoms with E-state index in [1.165, 1.54) is 30.7 Å². The van der Waals surface area contributed by atoms with Gasteiger partial charge < -0.3 is 14.8 Å². The van der Waals surface area contributed by atoms with Crippen molar-refractivity contribution in [2.45, 2.75) is 31.6 Å². The van der Waals surface area contributed by atoms with Crippen molar-refractivity contribution in [1.82, 2.24) is 9.62 Å². The molecule has 0 aliphatic carbocycles. The lowest BCUT2D eigenvalue weighted by Gasteiger charge is -2.22. The summed E-state index contributed by atoms with van der Waals surface area (Å²) in [4.78, 5) is 12.5. The molecule has 0 radical (unpaired) electrons. The van der Waals surface area contributed by atoms with Gasteiger partial charge in [0.1, 0.15) is 0 Å². The van der Waals surface area contributed by atoms with Gasteiger partial charge in [-0.1, -0.05) is 44.2 Å². The maximum Gasteiger partial charge on any atom is 0.243 e. The van der Waals surface area contributed by atoms with Gasteiger partial charge in [0.05, 0.1) is 25.7 Å². The lowest BCUT2D eigenvalue weighted by Crippen LogP contribution is -2.42. The molecule has 0 heterocycles. The molecule has 0 atom stereocenters. The molecule has 0 bridgehead atoms. The minimum Gasteiger partial charge on any atom is -0.493 e. The van der Waals surface area contributed by atoms with Crippen molar-refractivity contribution in [3.05, 3.63) is 54.1 Å². The largest absolute Gasteiger partial charge is 0.493 e. The van der Waals surface area contributed by atoms with Crippen molar-refractivity contribution in [1.29, 1.82) is 0 Å². The van der Waals surface area contributed by atoms with Crippen LogP contribution in [0.1, 0.15) is 25.8 Å². The van der Waals surface area contributed by atoms with E-state index in [0.29, 0.717) is 30.4 Å². The number of carbonyl (C=O) groups is 1. The first-order chi connectivity index (χ1) is 14.8. The summed E-state index contributed by atoms with van der Waals surface area (Å²) in [5.41, 5.74) is 0.996. The van der Waals surface area contributed by atoms with Crippen molar-refractivity contribution in [2.24, 2.45) is 5.92 Å². The number of hydrogen-bond acceptors (Lipinski definition) is 5. The summed E-state index contributed by atoms with van der Waals surface area (Å²) in [6.07, 6.45) is 1.32. The highest BCUT2D eigenvalue weighted by molar-refractivity contribution is 7.89. The first-order valence-electron chi connectivity index (χ1n) is 10.3. The molecule has 0 fully saturated rings. The fourth-order valence-corrected chi connectivity index (χ4v) is 4.44. The standard InChI is InChI=1S/C23H32N2O5S/c1-18(2)12-14-24-23(26)17-25(15-13-19-8-6-5-7-9-19)31(27,28)20-10-11-21(29-3)22(16-20)30-4/h5-11,16,18H,12-15,17H2,1-4H3,(H,24,26). The van der Waals surface area contributed by atoms with Crippen LogP contribution in [0, 0.1) is 5.92 Å². The van der Waals surface area contributed by atoms with Gasteiger partial charge in [-0.25, -0.2) is 8.42 Å². The summed E-state index contributed by atoms with van der Waals surface area (Å²) in [5, 5.41) is 2.82. The number of nitrogens with one attached hydrogen (secondary N) is 1. The van der Waals surface area contributed by atoms with Gasteiger partial charge in [0.25, 0.3) is 0 Å². The van der Waals surface area contributed by atoms with Gasteiger partial charge in [0.15, 0.2) is 11.5 Å². The van der Waals surface area contributed by atoms with Crippen LogP contribution in [0.25, 0.3) is 0 Å². The first-order valence-corrected chi connectivity index (χ1v) is 11.7. The van der Waals surface area contributed by atoms with Crippen molar-refractivity contribution >= 4 is 15.9 Å². The third-order valence-electron chi connectivity index (χ3n) is 4.85. The molecule has 0 unspecified atom stereocenters. The number of nitrogens with zero attached hydrogens (tertiary/aromatic N) is 1. The molecular formula is C23H32N2O5S. The summed E-state index contributed by atoms with van der Waals surface area (Å²) < 4.78 is 38.4. The van der Waals surface area contributed by atoms with Crippen molar-refractivity contribution in [3.63, 3.8) is 0 Å². The van der Waals surface area contributed by atoms with E-state index in [0.717, 1.165) is 12.0 Å². The van der Waals surface area contributed by atoms with Crippen molar-refractivity contribution in [2.75, 3.05) is 33.9 Å². The Balaban J connectivity index is 2.25. The van der Waals surface area contributed by atoms with E-state index in [9.17, 15) is 13.2 Å². The topological polar surface area (TPSA) is 84.9 Å². The predicted octanol–water partition coefficient (Wildman–Crippen LogP) is 3.10. The first kappa shape index (κ1) is 24.7. The molecule has 7 nitrogen and oxygen atoms in total. The van der Waals surface area contributed by atoms with Crippen LogP contribution in [0.15, 0.2) is 53.4 Å². The Morgan fingerprint density at radius 1 is 1.03 bits per heavy atom. The monoisotopic (exact) mass is 448 g/mol. The second kappa shape index (κ2) is 11.7. The molecule has 2 rings (SSSR count). The third kappa shape index (κ3) is 7.25. The van der Waals surface area contributed by atoms with E-state index in [1.54, 1.807) is 6.07 Å². The zero-order valence-electron chi connectivity index (χ0n) is 18.6. The Bertz CT molecular complexity index is 946. The second-order valence-electron chi connectivity index (χ2n) is 7.62. The molecule has 2 aromatic carbocycles. The van der Waals surface area contributed by atoms with Crippen LogP contribution < -0.4 is 14.8 Å². The van der Waals surface area contributed by atoms with Crippen molar-refractivity contribution in [3.8, 4) is 11.5 Å². The van der Waals surface area contributed by atoms with E-state index >= 15 is 0 Å². The maximum absolute atomic E-state index is 13.4. The summed E-state index contributed by atoms with van der Waals surface area (Å²) >= 11 is 0. The van der Waals surface area contributed by atoms with Gasteiger partial charge in [0.2, 0.25) is 15.9 Å². The molecule has 0 saturated carbocycles. The number of hydrogen-bond donors (Lipinski definition) is 1. The maximum atomic E-state index is 13.4. The highest BCUT2D eigenvalue weighted by atomic mass is 32.2. The van der Waals surface area contributed by atoms with Crippen LogP contribution in [0.4, 0.5) is 0 Å². The molecule has 2 aromatic rings. The zero-order valence-corrected chi connectivity index (χ0v) is 19.4. The average Bonchev–Trinajstić information content (AvgIpc) is 2.76. The van der Waals surface area contributed by atoms with Gasteiger partial charge in [-0.05, 0) is 36.5 Å². The van der Waals surface area contributed by atoms with Crippen LogP contribution in [-0.4, -0.2) is 52.5 Å². The molecule has 31 heavy (non-hydrogen) atoms. The summed E-state index contributed by atoms with van der Waals surface area (Å²) in [7, 11) is -0.994. The molecule has 8 heteroatoms. The Labute approximate surface area is 185 Å². The minimum atomic E-state index is -3.93.